The van der Waals surface area contributed by atoms with Crippen molar-refractivity contribution in [1.82, 2.24) is 4.98 Å². The van der Waals surface area contributed by atoms with Gasteiger partial charge in [0.05, 0.1) is 0 Å². The summed E-state index contributed by atoms with van der Waals surface area (Å²) in [5, 5.41) is 0. The van der Waals surface area contributed by atoms with Gasteiger partial charge >= 0.3 is 0 Å². The minimum absolute atomic E-state index is 0.723. The fourth-order valence-electron chi connectivity index (χ4n) is 1.55. The Morgan fingerprint density at radius 1 is 1.21 bits per heavy atom. The lowest BCUT2D eigenvalue weighted by Gasteiger charge is -2.01. The molecule has 2 heteroatoms. The van der Waals surface area contributed by atoms with Crippen molar-refractivity contribution in [3.8, 4) is 11.1 Å². The van der Waals surface area contributed by atoms with Gasteiger partial charge in [0.25, 0.3) is 0 Å². The summed E-state index contributed by atoms with van der Waals surface area (Å²) in [6.07, 6.45) is 4.67. The number of benzene rings is 1. The number of carbonyl (C=O) groups excluding carboxylic acids is 1. The Morgan fingerprint density at radius 3 is 2.71 bits per heavy atom. The smallest absolute Gasteiger partial charge is 0.150 e. The molecule has 0 bridgehead atoms. The quantitative estimate of drug-likeness (QED) is 0.717. The van der Waals surface area contributed by atoms with Crippen molar-refractivity contribution in [3.63, 3.8) is 0 Å². The molecule has 0 aliphatic rings. The standard InChI is InChI=1S/C12H11NO/c1-9-4-10(8-14)6-12(5-9)11-2-3-13-7-11/h2-8,13H,1H3. The number of aldehydes is 1. The number of rotatable bonds is 2. The van der Waals surface area contributed by atoms with Crippen LogP contribution < -0.4 is 0 Å². The lowest BCUT2D eigenvalue weighted by molar-refractivity contribution is 0.112. The van der Waals surface area contributed by atoms with Crippen molar-refractivity contribution >= 4 is 6.29 Å². The summed E-state index contributed by atoms with van der Waals surface area (Å²) in [4.78, 5) is 13.7. The highest BCUT2D eigenvalue weighted by molar-refractivity contribution is 5.79. The summed E-state index contributed by atoms with van der Waals surface area (Å²) < 4.78 is 0. The highest BCUT2D eigenvalue weighted by Crippen LogP contribution is 2.20. The van der Waals surface area contributed by atoms with Crippen molar-refractivity contribution in [2.45, 2.75) is 6.92 Å². The number of nitrogens with one attached hydrogen (secondary N) is 1. The predicted molar refractivity (Wildman–Crippen MR) is 56.4 cm³/mol. The first-order valence-corrected chi connectivity index (χ1v) is 4.49. The Bertz CT molecular complexity index is 443. The van der Waals surface area contributed by atoms with E-state index >= 15 is 0 Å². The van der Waals surface area contributed by atoms with Crippen LogP contribution in [0.1, 0.15) is 15.9 Å². The molecule has 0 fully saturated rings. The largest absolute Gasteiger partial charge is 0.367 e. The molecule has 0 spiro atoms. The van der Waals surface area contributed by atoms with Crippen LogP contribution >= 0.6 is 0 Å². The molecule has 2 rings (SSSR count). The zero-order valence-electron chi connectivity index (χ0n) is 7.95. The van der Waals surface area contributed by atoms with Gasteiger partial charge in [0.2, 0.25) is 0 Å². The molecule has 0 saturated carbocycles. The number of hydrogen-bond donors (Lipinski definition) is 1. The van der Waals surface area contributed by atoms with Crippen molar-refractivity contribution in [1.29, 1.82) is 0 Å². The highest BCUT2D eigenvalue weighted by Gasteiger charge is 2.00. The molecule has 1 aromatic carbocycles. The van der Waals surface area contributed by atoms with Crippen LogP contribution in [-0.2, 0) is 0 Å². The summed E-state index contributed by atoms with van der Waals surface area (Å²) >= 11 is 0. The fourth-order valence-corrected chi connectivity index (χ4v) is 1.55. The summed E-state index contributed by atoms with van der Waals surface area (Å²) in [5.41, 5.74) is 4.01. The molecule has 2 nitrogen and oxygen atoms in total. The number of carbonyl (C=O) groups is 1. The molecule has 0 radical (unpaired) electrons. The minimum Gasteiger partial charge on any atom is -0.367 e. The first kappa shape index (κ1) is 8.75. The van der Waals surface area contributed by atoms with Gasteiger partial charge in [-0.2, -0.15) is 0 Å². The lowest BCUT2D eigenvalue weighted by atomic mass is 10.0. The Hall–Kier alpha value is -1.83. The van der Waals surface area contributed by atoms with Gasteiger partial charge < -0.3 is 4.98 Å². The summed E-state index contributed by atoms with van der Waals surface area (Å²) in [6.45, 7) is 1.99. The van der Waals surface area contributed by atoms with Crippen molar-refractivity contribution in [3.05, 3.63) is 47.8 Å². The molecule has 1 aromatic heterocycles. The predicted octanol–water partition coefficient (Wildman–Crippen LogP) is 2.80. The van der Waals surface area contributed by atoms with E-state index in [2.05, 4.69) is 11.1 Å². The number of aromatic nitrogens is 1. The van der Waals surface area contributed by atoms with Gasteiger partial charge in [-0.1, -0.05) is 6.07 Å². The van der Waals surface area contributed by atoms with Crippen LogP contribution in [0, 0.1) is 6.92 Å². The van der Waals surface area contributed by atoms with Crippen LogP contribution in [0.15, 0.2) is 36.7 Å². The van der Waals surface area contributed by atoms with E-state index in [0.717, 1.165) is 28.5 Å². The Balaban J connectivity index is 2.54. The van der Waals surface area contributed by atoms with E-state index in [1.165, 1.54) is 0 Å². The lowest BCUT2D eigenvalue weighted by Crippen LogP contribution is -1.84. The van der Waals surface area contributed by atoms with Gasteiger partial charge in [0, 0.05) is 18.0 Å². The molecule has 0 aliphatic heterocycles. The minimum atomic E-state index is 0.723. The van der Waals surface area contributed by atoms with E-state index < -0.39 is 0 Å². The second-order valence-corrected chi connectivity index (χ2v) is 3.35. The molecule has 14 heavy (non-hydrogen) atoms. The number of aromatic amines is 1. The van der Waals surface area contributed by atoms with Gasteiger partial charge in [-0.05, 0) is 41.8 Å². The number of hydrogen-bond acceptors (Lipinski definition) is 1. The average Bonchev–Trinajstić information content (AvgIpc) is 2.69. The maximum Gasteiger partial charge on any atom is 0.150 e. The Morgan fingerprint density at radius 2 is 2.07 bits per heavy atom. The fraction of sp³-hybridized carbons (Fsp3) is 0.0833. The van der Waals surface area contributed by atoms with E-state index in [1.54, 1.807) is 0 Å². The highest BCUT2D eigenvalue weighted by atomic mass is 16.1. The molecule has 0 aliphatic carbocycles. The van der Waals surface area contributed by atoms with E-state index in [0.29, 0.717) is 0 Å². The monoisotopic (exact) mass is 185 g/mol. The average molecular weight is 185 g/mol. The van der Waals surface area contributed by atoms with Gasteiger partial charge in [-0.15, -0.1) is 0 Å². The summed E-state index contributed by atoms with van der Waals surface area (Å²) in [7, 11) is 0. The second kappa shape index (κ2) is 3.50. The number of H-pyrrole nitrogens is 1. The molecule has 0 amide bonds. The van der Waals surface area contributed by atoms with E-state index in [9.17, 15) is 4.79 Å². The van der Waals surface area contributed by atoms with Crippen LogP contribution in [0.25, 0.3) is 11.1 Å². The van der Waals surface area contributed by atoms with Gasteiger partial charge in [0.1, 0.15) is 6.29 Å². The SMILES string of the molecule is Cc1cc(C=O)cc(-c2cc[nH]c2)c1. The van der Waals surface area contributed by atoms with Crippen molar-refractivity contribution < 1.29 is 4.79 Å². The van der Waals surface area contributed by atoms with Gasteiger partial charge in [-0.3, -0.25) is 4.79 Å². The first-order chi connectivity index (χ1) is 6.79. The van der Waals surface area contributed by atoms with Crippen LogP contribution in [0.3, 0.4) is 0 Å². The summed E-state index contributed by atoms with van der Waals surface area (Å²) in [6, 6.07) is 7.83. The normalized spacial score (nSPS) is 10.1. The van der Waals surface area contributed by atoms with Crippen molar-refractivity contribution in [2.75, 3.05) is 0 Å². The zero-order chi connectivity index (χ0) is 9.97. The van der Waals surface area contributed by atoms with Crippen LogP contribution in [0.2, 0.25) is 0 Å². The van der Waals surface area contributed by atoms with E-state index in [1.807, 2.05) is 37.5 Å². The van der Waals surface area contributed by atoms with Crippen LogP contribution in [0.4, 0.5) is 0 Å². The molecular formula is C12H11NO. The molecule has 0 unspecified atom stereocenters. The van der Waals surface area contributed by atoms with E-state index in [-0.39, 0.29) is 0 Å². The molecule has 2 aromatic rings. The van der Waals surface area contributed by atoms with Crippen LogP contribution in [-0.4, -0.2) is 11.3 Å². The third-order valence-electron chi connectivity index (χ3n) is 2.17. The molecule has 0 saturated heterocycles. The molecule has 1 heterocycles. The Kier molecular flexibility index (Phi) is 2.19. The third kappa shape index (κ3) is 1.59. The first-order valence-electron chi connectivity index (χ1n) is 4.49. The third-order valence-corrected chi connectivity index (χ3v) is 2.17. The summed E-state index contributed by atoms with van der Waals surface area (Å²) in [5.74, 6) is 0. The maximum absolute atomic E-state index is 10.7. The molecular weight excluding hydrogens is 174 g/mol. The van der Waals surface area contributed by atoms with Gasteiger partial charge in [0.15, 0.2) is 0 Å². The maximum atomic E-state index is 10.7. The number of aryl methyl sites for hydroxylation is 1. The van der Waals surface area contributed by atoms with Crippen molar-refractivity contribution in [2.24, 2.45) is 0 Å². The molecule has 0 atom stereocenters. The topological polar surface area (TPSA) is 32.9 Å². The molecule has 1 N–H and O–H groups in total. The molecule has 70 valence electrons. The Labute approximate surface area is 82.6 Å². The zero-order valence-corrected chi connectivity index (χ0v) is 7.95. The second-order valence-electron chi connectivity index (χ2n) is 3.35. The van der Waals surface area contributed by atoms with E-state index in [4.69, 9.17) is 0 Å². The van der Waals surface area contributed by atoms with Gasteiger partial charge in [-0.25, -0.2) is 0 Å². The van der Waals surface area contributed by atoms with Crippen LogP contribution in [0.5, 0.6) is 0 Å².